The van der Waals surface area contributed by atoms with Crippen LogP contribution in [-0.4, -0.2) is 23.2 Å². The fraction of sp³-hybridized carbons (Fsp3) is 0.100. The number of aromatic carboxylic acids is 1. The van der Waals surface area contributed by atoms with Crippen molar-refractivity contribution in [1.29, 1.82) is 0 Å². The lowest BCUT2D eigenvalue weighted by Crippen LogP contribution is -1.97. The standard InChI is InChI=1S/C20H17NO4S/c1-24-17-11-14(8-10-19-21-12-18(26-19)20(22)23)7-9-16(17)25-13-15-5-3-2-4-6-15/h2-12H,13H2,1H3,(H,22,23). The van der Waals surface area contributed by atoms with Gasteiger partial charge in [-0.3, -0.25) is 0 Å². The molecule has 1 heterocycles. The Morgan fingerprint density at radius 2 is 1.96 bits per heavy atom. The van der Waals surface area contributed by atoms with E-state index in [0.717, 1.165) is 22.5 Å². The molecule has 6 heteroatoms. The first-order chi connectivity index (χ1) is 12.7. The van der Waals surface area contributed by atoms with Crippen molar-refractivity contribution in [3.05, 3.63) is 75.7 Å². The third-order valence-corrected chi connectivity index (χ3v) is 4.53. The number of nitrogens with zero attached hydrogens (tertiary/aromatic N) is 1. The largest absolute Gasteiger partial charge is 0.493 e. The molecule has 5 nitrogen and oxygen atoms in total. The van der Waals surface area contributed by atoms with Crippen molar-refractivity contribution >= 4 is 29.5 Å². The van der Waals surface area contributed by atoms with Crippen LogP contribution in [0.2, 0.25) is 0 Å². The average molecular weight is 367 g/mol. The highest BCUT2D eigenvalue weighted by Crippen LogP contribution is 2.29. The highest BCUT2D eigenvalue weighted by Gasteiger charge is 2.07. The van der Waals surface area contributed by atoms with Crippen molar-refractivity contribution < 1.29 is 19.4 Å². The summed E-state index contributed by atoms with van der Waals surface area (Å²) < 4.78 is 11.2. The lowest BCUT2D eigenvalue weighted by molar-refractivity contribution is 0.0702. The second-order valence-electron chi connectivity index (χ2n) is 5.39. The van der Waals surface area contributed by atoms with Gasteiger partial charge in [0.2, 0.25) is 0 Å². The van der Waals surface area contributed by atoms with Crippen molar-refractivity contribution in [2.45, 2.75) is 6.61 Å². The van der Waals surface area contributed by atoms with E-state index in [2.05, 4.69) is 4.98 Å². The molecule has 3 aromatic rings. The Morgan fingerprint density at radius 3 is 2.65 bits per heavy atom. The van der Waals surface area contributed by atoms with Gasteiger partial charge < -0.3 is 14.6 Å². The maximum atomic E-state index is 10.9. The Bertz CT molecular complexity index is 919. The van der Waals surface area contributed by atoms with Gasteiger partial charge in [-0.2, -0.15) is 0 Å². The minimum atomic E-state index is -0.969. The summed E-state index contributed by atoms with van der Waals surface area (Å²) >= 11 is 1.13. The Morgan fingerprint density at radius 1 is 1.15 bits per heavy atom. The molecule has 0 bridgehead atoms. The van der Waals surface area contributed by atoms with Gasteiger partial charge in [0.15, 0.2) is 11.5 Å². The first-order valence-corrected chi connectivity index (χ1v) is 8.69. The van der Waals surface area contributed by atoms with E-state index in [1.54, 1.807) is 13.2 Å². The third-order valence-electron chi connectivity index (χ3n) is 3.58. The number of methoxy groups -OCH3 is 1. The molecule has 0 radical (unpaired) electrons. The maximum Gasteiger partial charge on any atom is 0.347 e. The Kier molecular flexibility index (Phi) is 5.66. The van der Waals surface area contributed by atoms with Gasteiger partial charge in [-0.1, -0.05) is 42.5 Å². The number of ether oxygens (including phenoxy) is 2. The van der Waals surface area contributed by atoms with Crippen LogP contribution in [0.15, 0.2) is 54.7 Å². The van der Waals surface area contributed by atoms with Gasteiger partial charge in [0.05, 0.1) is 13.3 Å². The van der Waals surface area contributed by atoms with E-state index in [9.17, 15) is 4.79 Å². The smallest absolute Gasteiger partial charge is 0.347 e. The van der Waals surface area contributed by atoms with E-state index in [0.29, 0.717) is 23.1 Å². The summed E-state index contributed by atoms with van der Waals surface area (Å²) in [4.78, 5) is 15.2. The molecule has 0 atom stereocenters. The van der Waals surface area contributed by atoms with Gasteiger partial charge in [0.25, 0.3) is 0 Å². The Hall–Kier alpha value is -3.12. The molecule has 132 valence electrons. The molecule has 1 aromatic heterocycles. The lowest BCUT2D eigenvalue weighted by atomic mass is 10.2. The van der Waals surface area contributed by atoms with Crippen LogP contribution in [0.1, 0.15) is 25.8 Å². The number of carbonyl (C=O) groups is 1. The van der Waals surface area contributed by atoms with Crippen molar-refractivity contribution in [1.82, 2.24) is 4.98 Å². The zero-order valence-electron chi connectivity index (χ0n) is 14.1. The molecule has 2 aromatic carbocycles. The normalized spacial score (nSPS) is 10.8. The number of aromatic nitrogens is 1. The van der Waals surface area contributed by atoms with E-state index in [4.69, 9.17) is 14.6 Å². The summed E-state index contributed by atoms with van der Waals surface area (Å²) in [5.74, 6) is 0.327. The Labute approximate surface area is 155 Å². The number of carboxylic acid groups (broad SMARTS) is 1. The summed E-state index contributed by atoms with van der Waals surface area (Å²) in [6, 6.07) is 15.5. The van der Waals surface area contributed by atoms with Crippen LogP contribution < -0.4 is 9.47 Å². The van der Waals surface area contributed by atoms with Crippen molar-refractivity contribution in [3.8, 4) is 11.5 Å². The van der Waals surface area contributed by atoms with Gasteiger partial charge in [0, 0.05) is 0 Å². The van der Waals surface area contributed by atoms with Crippen molar-refractivity contribution in [2.24, 2.45) is 0 Å². The maximum absolute atomic E-state index is 10.9. The van der Waals surface area contributed by atoms with E-state index >= 15 is 0 Å². The second kappa shape index (κ2) is 8.31. The van der Waals surface area contributed by atoms with E-state index in [1.165, 1.54) is 6.20 Å². The Balaban J connectivity index is 1.71. The minimum absolute atomic E-state index is 0.215. The molecule has 0 spiro atoms. The zero-order chi connectivity index (χ0) is 18.4. The van der Waals surface area contributed by atoms with Crippen LogP contribution in [0.5, 0.6) is 11.5 Å². The number of thiazole rings is 1. The summed E-state index contributed by atoms with van der Waals surface area (Å²) in [6.07, 6.45) is 4.98. The van der Waals surface area contributed by atoms with Crippen LogP contribution in [0.4, 0.5) is 0 Å². The van der Waals surface area contributed by atoms with E-state index in [-0.39, 0.29) is 4.88 Å². The summed E-state index contributed by atoms with van der Waals surface area (Å²) in [5, 5.41) is 9.56. The van der Waals surface area contributed by atoms with Gasteiger partial charge in [-0.15, -0.1) is 11.3 Å². The molecule has 0 aliphatic heterocycles. The molecule has 3 rings (SSSR count). The van der Waals surface area contributed by atoms with E-state index in [1.807, 2.05) is 54.6 Å². The number of carboxylic acids is 1. The molecule has 0 amide bonds. The molecular formula is C20H17NO4S. The highest BCUT2D eigenvalue weighted by atomic mass is 32.1. The first kappa shape index (κ1) is 17.7. The van der Waals surface area contributed by atoms with Crippen LogP contribution in [0.25, 0.3) is 12.2 Å². The molecule has 0 aliphatic rings. The number of hydrogen-bond donors (Lipinski definition) is 1. The molecule has 0 unspecified atom stereocenters. The van der Waals surface area contributed by atoms with Crippen LogP contribution in [-0.2, 0) is 6.61 Å². The van der Waals surface area contributed by atoms with Gasteiger partial charge in [-0.05, 0) is 29.3 Å². The number of hydrogen-bond acceptors (Lipinski definition) is 5. The second-order valence-corrected chi connectivity index (χ2v) is 6.45. The van der Waals surface area contributed by atoms with E-state index < -0.39 is 5.97 Å². The number of rotatable bonds is 7. The lowest BCUT2D eigenvalue weighted by Gasteiger charge is -2.11. The zero-order valence-corrected chi connectivity index (χ0v) is 14.9. The molecular weight excluding hydrogens is 350 g/mol. The SMILES string of the molecule is COc1cc(C=Cc2ncc(C(=O)O)s2)ccc1OCc1ccccc1. The van der Waals surface area contributed by atoms with Crippen molar-refractivity contribution in [2.75, 3.05) is 7.11 Å². The average Bonchev–Trinajstić information content (AvgIpc) is 3.15. The molecule has 1 N–H and O–H groups in total. The van der Waals surface area contributed by atoms with Gasteiger partial charge in [0.1, 0.15) is 16.5 Å². The van der Waals surface area contributed by atoms with Crippen molar-refractivity contribution in [3.63, 3.8) is 0 Å². The van der Waals surface area contributed by atoms with Crippen LogP contribution in [0.3, 0.4) is 0 Å². The summed E-state index contributed by atoms with van der Waals surface area (Å²) in [6.45, 7) is 0.462. The van der Waals surface area contributed by atoms with Crippen LogP contribution >= 0.6 is 11.3 Å². The fourth-order valence-corrected chi connectivity index (χ4v) is 2.93. The third kappa shape index (κ3) is 4.49. The molecule has 0 aliphatic carbocycles. The fourth-order valence-electron chi connectivity index (χ4n) is 2.27. The first-order valence-electron chi connectivity index (χ1n) is 7.87. The predicted octanol–water partition coefficient (Wildman–Crippen LogP) is 4.60. The minimum Gasteiger partial charge on any atom is -0.493 e. The molecule has 0 saturated heterocycles. The highest BCUT2D eigenvalue weighted by molar-refractivity contribution is 7.14. The quantitative estimate of drug-likeness (QED) is 0.661. The van der Waals surface area contributed by atoms with Gasteiger partial charge >= 0.3 is 5.97 Å². The summed E-state index contributed by atoms with van der Waals surface area (Å²) in [7, 11) is 1.60. The van der Waals surface area contributed by atoms with Gasteiger partial charge in [-0.25, -0.2) is 9.78 Å². The number of benzene rings is 2. The monoisotopic (exact) mass is 367 g/mol. The summed E-state index contributed by atoms with van der Waals surface area (Å²) in [5.41, 5.74) is 1.98. The topological polar surface area (TPSA) is 68.7 Å². The van der Waals surface area contributed by atoms with Crippen LogP contribution in [0, 0.1) is 0 Å². The predicted molar refractivity (Wildman–Crippen MR) is 102 cm³/mol. The molecule has 0 fully saturated rings. The molecule has 0 saturated carbocycles. The molecule has 26 heavy (non-hydrogen) atoms.